The number of aromatic nitrogens is 2. The van der Waals surface area contributed by atoms with E-state index in [0.29, 0.717) is 18.0 Å². The maximum absolute atomic E-state index is 12.3. The Morgan fingerprint density at radius 1 is 0.941 bits per heavy atom. The van der Waals surface area contributed by atoms with Crippen molar-refractivity contribution in [1.29, 1.82) is 0 Å². The number of hydrogen-bond acceptors (Lipinski definition) is 6. The molecule has 178 valence electrons. The van der Waals surface area contributed by atoms with Gasteiger partial charge in [-0.05, 0) is 73.7 Å². The lowest BCUT2D eigenvalue weighted by Crippen LogP contribution is -2.33. The third kappa shape index (κ3) is 6.47. The number of hydrogen-bond donors (Lipinski definition) is 1. The van der Waals surface area contributed by atoms with Crippen LogP contribution in [-0.4, -0.2) is 42.4 Å². The fourth-order valence-corrected chi connectivity index (χ4v) is 3.81. The van der Waals surface area contributed by atoms with E-state index in [1.54, 1.807) is 12.1 Å². The summed E-state index contributed by atoms with van der Waals surface area (Å²) >= 11 is 0. The second-order valence-electron chi connectivity index (χ2n) is 8.68. The molecule has 3 aromatic rings. The molecule has 0 saturated carbocycles. The molecule has 4 rings (SSSR count). The normalized spacial score (nSPS) is 14.0. The topological polar surface area (TPSA) is 76.6 Å². The summed E-state index contributed by atoms with van der Waals surface area (Å²) in [4.78, 5) is 14.6. The zero-order valence-corrected chi connectivity index (χ0v) is 19.9. The van der Waals surface area contributed by atoms with Gasteiger partial charge in [-0.1, -0.05) is 26.0 Å². The minimum atomic E-state index is -0.223. The lowest BCUT2D eigenvalue weighted by molar-refractivity contribution is -0.118. The molecule has 7 nitrogen and oxygen atoms in total. The van der Waals surface area contributed by atoms with Gasteiger partial charge in [-0.2, -0.15) is 0 Å². The van der Waals surface area contributed by atoms with Crippen molar-refractivity contribution in [3.63, 3.8) is 0 Å². The molecule has 34 heavy (non-hydrogen) atoms. The van der Waals surface area contributed by atoms with E-state index in [4.69, 9.17) is 9.47 Å². The van der Waals surface area contributed by atoms with E-state index in [-0.39, 0.29) is 12.5 Å². The molecule has 2 heterocycles. The molecule has 1 fully saturated rings. The summed E-state index contributed by atoms with van der Waals surface area (Å²) < 4.78 is 11.1. The van der Waals surface area contributed by atoms with E-state index in [2.05, 4.69) is 34.3 Å². The number of ether oxygens (including phenoxy) is 2. The molecule has 1 N–H and O–H groups in total. The Bertz CT molecular complexity index is 1040. The van der Waals surface area contributed by atoms with Gasteiger partial charge in [0.15, 0.2) is 12.4 Å². The first kappa shape index (κ1) is 23.5. The van der Waals surface area contributed by atoms with Crippen LogP contribution >= 0.6 is 0 Å². The van der Waals surface area contributed by atoms with Gasteiger partial charge in [-0.15, -0.1) is 10.2 Å². The van der Waals surface area contributed by atoms with E-state index in [9.17, 15) is 4.79 Å². The Labute approximate surface area is 201 Å². The average Bonchev–Trinajstić information content (AvgIpc) is 2.88. The van der Waals surface area contributed by atoms with Gasteiger partial charge in [0, 0.05) is 24.3 Å². The SMILES string of the molecule is CCCOc1ccc(OCC(=O)Nc2ccc(-c3ccc(N4CCC(C)CC4)nn3)cc2)cc1. The predicted octanol–water partition coefficient (Wildman–Crippen LogP) is 5.19. The number of rotatable bonds is 9. The van der Waals surface area contributed by atoms with Gasteiger partial charge in [0.1, 0.15) is 11.5 Å². The number of nitrogens with zero attached hydrogens (tertiary/aromatic N) is 3. The van der Waals surface area contributed by atoms with Crippen molar-refractivity contribution in [3.05, 3.63) is 60.7 Å². The maximum Gasteiger partial charge on any atom is 0.262 e. The van der Waals surface area contributed by atoms with Crippen LogP contribution in [0.15, 0.2) is 60.7 Å². The fraction of sp³-hybridized carbons (Fsp3) is 0.370. The molecule has 1 saturated heterocycles. The van der Waals surface area contributed by atoms with Crippen LogP contribution in [0.25, 0.3) is 11.3 Å². The number of nitrogens with one attached hydrogen (secondary N) is 1. The number of amides is 1. The first-order valence-corrected chi connectivity index (χ1v) is 12.0. The van der Waals surface area contributed by atoms with Gasteiger partial charge < -0.3 is 19.7 Å². The van der Waals surface area contributed by atoms with E-state index in [1.807, 2.05) is 48.5 Å². The maximum atomic E-state index is 12.3. The molecule has 1 aromatic heterocycles. The lowest BCUT2D eigenvalue weighted by atomic mass is 9.99. The molecule has 0 aliphatic carbocycles. The molecule has 0 atom stereocenters. The van der Waals surface area contributed by atoms with Crippen molar-refractivity contribution < 1.29 is 14.3 Å². The van der Waals surface area contributed by atoms with Crippen LogP contribution in [0, 0.1) is 5.92 Å². The van der Waals surface area contributed by atoms with Gasteiger partial charge in [0.25, 0.3) is 5.91 Å². The Balaban J connectivity index is 1.26. The molecular weight excluding hydrogens is 428 g/mol. The number of carbonyl (C=O) groups is 1. The van der Waals surface area contributed by atoms with Crippen LogP contribution in [0.2, 0.25) is 0 Å². The molecule has 1 aliphatic heterocycles. The second-order valence-corrected chi connectivity index (χ2v) is 8.68. The molecule has 7 heteroatoms. The molecule has 0 unspecified atom stereocenters. The summed E-state index contributed by atoms with van der Waals surface area (Å²) in [5, 5.41) is 11.7. The molecule has 2 aromatic carbocycles. The number of anilines is 2. The summed E-state index contributed by atoms with van der Waals surface area (Å²) in [5.41, 5.74) is 2.46. The summed E-state index contributed by atoms with van der Waals surface area (Å²) in [5.74, 6) is 2.90. The van der Waals surface area contributed by atoms with Gasteiger partial charge >= 0.3 is 0 Å². The smallest absolute Gasteiger partial charge is 0.262 e. The second kappa shape index (κ2) is 11.5. The highest BCUT2D eigenvalue weighted by atomic mass is 16.5. The lowest BCUT2D eigenvalue weighted by Gasteiger charge is -2.30. The van der Waals surface area contributed by atoms with Crippen LogP contribution in [0.1, 0.15) is 33.1 Å². The summed E-state index contributed by atoms with van der Waals surface area (Å²) in [6, 6.07) is 18.9. The highest BCUT2D eigenvalue weighted by Crippen LogP contribution is 2.24. The quantitative estimate of drug-likeness (QED) is 0.474. The van der Waals surface area contributed by atoms with E-state index in [1.165, 1.54) is 12.8 Å². The van der Waals surface area contributed by atoms with Gasteiger partial charge in [0.2, 0.25) is 0 Å². The van der Waals surface area contributed by atoms with Crippen molar-refractivity contribution in [1.82, 2.24) is 10.2 Å². The summed E-state index contributed by atoms with van der Waals surface area (Å²) in [7, 11) is 0. The largest absolute Gasteiger partial charge is 0.494 e. The van der Waals surface area contributed by atoms with E-state index >= 15 is 0 Å². The standard InChI is InChI=1S/C27H32N4O3/c1-3-18-33-23-8-10-24(11-9-23)34-19-27(32)28-22-6-4-21(5-7-22)25-12-13-26(30-29-25)31-16-14-20(2)15-17-31/h4-13,20H,3,14-19H2,1-2H3,(H,28,32). The Morgan fingerprint density at radius 2 is 1.62 bits per heavy atom. The highest BCUT2D eigenvalue weighted by molar-refractivity contribution is 5.92. The van der Waals surface area contributed by atoms with Crippen molar-refractivity contribution in [2.24, 2.45) is 5.92 Å². The zero-order valence-electron chi connectivity index (χ0n) is 19.9. The predicted molar refractivity (Wildman–Crippen MR) is 134 cm³/mol. The Morgan fingerprint density at radius 3 is 2.24 bits per heavy atom. The molecule has 1 aliphatic rings. The third-order valence-corrected chi connectivity index (χ3v) is 5.89. The van der Waals surface area contributed by atoms with Crippen LogP contribution < -0.4 is 19.7 Å². The number of benzene rings is 2. The molecule has 0 bridgehead atoms. The first-order valence-electron chi connectivity index (χ1n) is 12.0. The monoisotopic (exact) mass is 460 g/mol. The van der Waals surface area contributed by atoms with Crippen LogP contribution in [0.4, 0.5) is 11.5 Å². The van der Waals surface area contributed by atoms with Crippen LogP contribution in [0.3, 0.4) is 0 Å². The molecule has 0 spiro atoms. The van der Waals surface area contributed by atoms with Gasteiger partial charge in [-0.3, -0.25) is 4.79 Å². The Hall–Kier alpha value is -3.61. The minimum Gasteiger partial charge on any atom is -0.494 e. The van der Waals surface area contributed by atoms with Crippen molar-refractivity contribution in [2.45, 2.75) is 33.1 Å². The molecular formula is C27H32N4O3. The number of piperidine rings is 1. The summed E-state index contributed by atoms with van der Waals surface area (Å²) in [6.45, 7) is 7.04. The average molecular weight is 461 g/mol. The van der Waals surface area contributed by atoms with E-state index in [0.717, 1.165) is 48.3 Å². The Kier molecular flexibility index (Phi) is 7.96. The summed E-state index contributed by atoms with van der Waals surface area (Å²) in [6.07, 6.45) is 3.35. The highest BCUT2D eigenvalue weighted by Gasteiger charge is 2.17. The van der Waals surface area contributed by atoms with Gasteiger partial charge in [0.05, 0.1) is 12.3 Å². The van der Waals surface area contributed by atoms with E-state index < -0.39 is 0 Å². The zero-order chi connectivity index (χ0) is 23.8. The van der Waals surface area contributed by atoms with Crippen molar-refractivity contribution >= 4 is 17.4 Å². The fourth-order valence-electron chi connectivity index (χ4n) is 3.81. The molecule has 1 amide bonds. The van der Waals surface area contributed by atoms with Crippen LogP contribution in [-0.2, 0) is 4.79 Å². The van der Waals surface area contributed by atoms with Crippen LogP contribution in [0.5, 0.6) is 11.5 Å². The minimum absolute atomic E-state index is 0.0703. The third-order valence-electron chi connectivity index (χ3n) is 5.89. The van der Waals surface area contributed by atoms with Crippen molar-refractivity contribution in [3.8, 4) is 22.8 Å². The van der Waals surface area contributed by atoms with Crippen molar-refractivity contribution in [2.75, 3.05) is 36.5 Å². The van der Waals surface area contributed by atoms with Gasteiger partial charge in [-0.25, -0.2) is 0 Å². The molecule has 0 radical (unpaired) electrons. The number of carbonyl (C=O) groups excluding carboxylic acids is 1. The first-order chi connectivity index (χ1) is 16.6.